The molecule has 1 aliphatic rings. The highest BCUT2D eigenvalue weighted by molar-refractivity contribution is 8.00. The maximum Gasteiger partial charge on any atom is 0.341 e. The molecule has 1 aliphatic heterocycles. The summed E-state index contributed by atoms with van der Waals surface area (Å²) in [6, 6.07) is 12.7. The summed E-state index contributed by atoms with van der Waals surface area (Å²) in [5.74, 6) is 0.0542. The van der Waals surface area contributed by atoms with Gasteiger partial charge in [0, 0.05) is 6.42 Å². The molecule has 0 spiro atoms. The summed E-state index contributed by atoms with van der Waals surface area (Å²) in [4.78, 5) is 11.0. The summed E-state index contributed by atoms with van der Waals surface area (Å²) >= 11 is 1.19. The SMILES string of the molecule is CCOc1ccc(Cc2cc([C@@H]3S[C@H](CO)[C@@H](O)[C@H](O)[C@H]3O)ccc2OCC(=O)O)cc1. The molecule has 1 heterocycles. The molecule has 174 valence electrons. The first-order valence-corrected chi connectivity index (χ1v) is 11.3. The number of thioether (sulfide) groups is 1. The average molecular weight is 465 g/mol. The Morgan fingerprint density at radius 1 is 1.00 bits per heavy atom. The largest absolute Gasteiger partial charge is 0.494 e. The number of hydrogen-bond donors (Lipinski definition) is 5. The molecule has 3 rings (SSSR count). The van der Waals surface area contributed by atoms with Gasteiger partial charge in [-0.25, -0.2) is 4.79 Å². The van der Waals surface area contributed by atoms with Crippen LogP contribution in [0.2, 0.25) is 0 Å². The van der Waals surface area contributed by atoms with E-state index in [0.717, 1.165) is 11.3 Å². The molecule has 0 radical (unpaired) electrons. The molecule has 8 nitrogen and oxygen atoms in total. The highest BCUT2D eigenvalue weighted by Crippen LogP contribution is 2.44. The number of hydrogen-bond acceptors (Lipinski definition) is 8. The van der Waals surface area contributed by atoms with Gasteiger partial charge >= 0.3 is 5.97 Å². The lowest BCUT2D eigenvalue weighted by Crippen LogP contribution is -2.51. The van der Waals surface area contributed by atoms with E-state index in [4.69, 9.17) is 14.6 Å². The number of carboxylic acids is 1. The minimum Gasteiger partial charge on any atom is -0.494 e. The fraction of sp³-hybridized carbons (Fsp3) is 0.435. The number of ether oxygens (including phenoxy) is 2. The number of aliphatic hydroxyl groups excluding tert-OH is 4. The van der Waals surface area contributed by atoms with Crippen molar-refractivity contribution in [3.63, 3.8) is 0 Å². The van der Waals surface area contributed by atoms with E-state index in [9.17, 15) is 25.2 Å². The van der Waals surface area contributed by atoms with Gasteiger partial charge in [-0.3, -0.25) is 0 Å². The summed E-state index contributed by atoms with van der Waals surface area (Å²) in [5, 5.41) is 48.2. The zero-order valence-electron chi connectivity index (χ0n) is 17.6. The van der Waals surface area contributed by atoms with Crippen LogP contribution in [-0.2, 0) is 11.2 Å². The van der Waals surface area contributed by atoms with E-state index < -0.39 is 41.4 Å². The minimum atomic E-state index is -1.39. The van der Waals surface area contributed by atoms with Crippen LogP contribution in [0, 0.1) is 0 Å². The number of carboxylic acid groups (broad SMARTS) is 1. The smallest absolute Gasteiger partial charge is 0.341 e. The Morgan fingerprint density at radius 3 is 2.34 bits per heavy atom. The molecule has 0 bridgehead atoms. The quantitative estimate of drug-likeness (QED) is 0.373. The molecule has 0 aromatic heterocycles. The van der Waals surface area contributed by atoms with Gasteiger partial charge in [0.1, 0.15) is 17.6 Å². The molecule has 0 amide bonds. The second-order valence-corrected chi connectivity index (χ2v) is 8.94. The van der Waals surface area contributed by atoms with E-state index in [1.165, 1.54) is 11.8 Å². The van der Waals surface area contributed by atoms with Crippen LogP contribution in [0.1, 0.15) is 28.9 Å². The summed E-state index contributed by atoms with van der Waals surface area (Å²) in [6.45, 7) is 1.63. The van der Waals surface area contributed by atoms with Crippen molar-refractivity contribution >= 4 is 17.7 Å². The first-order valence-electron chi connectivity index (χ1n) is 10.3. The molecule has 0 aliphatic carbocycles. The molecule has 1 saturated heterocycles. The fourth-order valence-corrected chi connectivity index (χ4v) is 5.07. The number of aliphatic hydroxyl groups is 4. The van der Waals surface area contributed by atoms with Crippen LogP contribution in [0.25, 0.3) is 0 Å². The minimum absolute atomic E-state index is 0.342. The molecule has 5 atom stereocenters. The third kappa shape index (κ3) is 5.73. The van der Waals surface area contributed by atoms with Gasteiger partial charge in [-0.2, -0.15) is 0 Å². The third-order valence-electron chi connectivity index (χ3n) is 5.29. The zero-order chi connectivity index (χ0) is 23.3. The maximum atomic E-state index is 11.0. The first kappa shape index (κ1) is 24.3. The number of carbonyl (C=O) groups is 1. The standard InChI is InChI=1S/C23H28O8S/c1-2-30-16-6-3-13(4-7-16)9-15-10-14(5-8-17(15)31-12-19(25)26)23-22(29)21(28)20(27)18(11-24)32-23/h3-8,10,18,20-24,27-29H,2,9,11-12H2,1H3,(H,25,26)/t18-,20-,21+,22-,23+/m1/s1. The van der Waals surface area contributed by atoms with E-state index in [1.54, 1.807) is 18.2 Å². The Hall–Kier alpha value is -2.30. The lowest BCUT2D eigenvalue weighted by atomic mass is 9.94. The van der Waals surface area contributed by atoms with Crippen molar-refractivity contribution in [3.05, 3.63) is 59.2 Å². The van der Waals surface area contributed by atoms with Gasteiger partial charge in [-0.1, -0.05) is 24.3 Å². The van der Waals surface area contributed by atoms with Gasteiger partial charge in [0.2, 0.25) is 0 Å². The Morgan fingerprint density at radius 2 is 1.72 bits per heavy atom. The summed E-state index contributed by atoms with van der Waals surface area (Å²) in [6.07, 6.45) is -3.42. The molecule has 5 N–H and O–H groups in total. The van der Waals surface area contributed by atoms with Gasteiger partial charge < -0.3 is 35.0 Å². The van der Waals surface area contributed by atoms with Crippen molar-refractivity contribution in [1.82, 2.24) is 0 Å². The highest BCUT2D eigenvalue weighted by atomic mass is 32.2. The van der Waals surface area contributed by atoms with Crippen molar-refractivity contribution in [2.24, 2.45) is 0 Å². The highest BCUT2D eigenvalue weighted by Gasteiger charge is 2.43. The summed E-state index contributed by atoms with van der Waals surface area (Å²) < 4.78 is 10.9. The van der Waals surface area contributed by atoms with Crippen molar-refractivity contribution in [2.75, 3.05) is 19.8 Å². The van der Waals surface area contributed by atoms with Crippen LogP contribution >= 0.6 is 11.8 Å². The van der Waals surface area contributed by atoms with Crippen molar-refractivity contribution < 1.29 is 39.8 Å². The average Bonchev–Trinajstić information content (AvgIpc) is 2.78. The summed E-state index contributed by atoms with van der Waals surface area (Å²) in [7, 11) is 0. The molecular formula is C23H28O8S. The summed E-state index contributed by atoms with van der Waals surface area (Å²) in [5.41, 5.74) is 2.34. The van der Waals surface area contributed by atoms with Gasteiger partial charge in [-0.05, 0) is 41.8 Å². The van der Waals surface area contributed by atoms with Crippen LogP contribution in [0.15, 0.2) is 42.5 Å². The van der Waals surface area contributed by atoms with E-state index in [1.807, 2.05) is 31.2 Å². The van der Waals surface area contributed by atoms with Crippen LogP contribution in [-0.4, -0.2) is 74.9 Å². The lowest BCUT2D eigenvalue weighted by molar-refractivity contribution is -0.139. The second kappa shape index (κ2) is 11.0. The van der Waals surface area contributed by atoms with Gasteiger partial charge in [-0.15, -0.1) is 11.8 Å². The predicted molar refractivity (Wildman–Crippen MR) is 119 cm³/mol. The Labute approximate surface area is 190 Å². The topological polar surface area (TPSA) is 137 Å². The number of aliphatic carboxylic acids is 1. The van der Waals surface area contributed by atoms with Crippen LogP contribution in [0.3, 0.4) is 0 Å². The molecule has 0 saturated carbocycles. The molecule has 9 heteroatoms. The molecule has 2 aromatic rings. The second-order valence-electron chi connectivity index (χ2n) is 7.55. The fourth-order valence-electron chi connectivity index (χ4n) is 3.66. The third-order valence-corrected chi connectivity index (χ3v) is 6.91. The van der Waals surface area contributed by atoms with Crippen molar-refractivity contribution in [2.45, 2.75) is 42.2 Å². The molecule has 0 unspecified atom stereocenters. The van der Waals surface area contributed by atoms with Crippen LogP contribution in [0.5, 0.6) is 11.5 Å². The molecular weight excluding hydrogens is 436 g/mol. The lowest BCUT2D eigenvalue weighted by Gasteiger charge is -2.39. The van der Waals surface area contributed by atoms with E-state index in [0.29, 0.717) is 29.9 Å². The Bertz CT molecular complexity index is 901. The predicted octanol–water partition coefficient (Wildman–Crippen LogP) is 1.37. The van der Waals surface area contributed by atoms with Crippen molar-refractivity contribution in [1.29, 1.82) is 0 Å². The monoisotopic (exact) mass is 464 g/mol. The number of rotatable bonds is 9. The van der Waals surface area contributed by atoms with Gasteiger partial charge in [0.05, 0.1) is 35.9 Å². The molecule has 32 heavy (non-hydrogen) atoms. The van der Waals surface area contributed by atoms with E-state index in [2.05, 4.69) is 0 Å². The Kier molecular flexibility index (Phi) is 8.38. The first-order chi connectivity index (χ1) is 15.3. The number of benzene rings is 2. The Balaban J connectivity index is 1.90. The van der Waals surface area contributed by atoms with Gasteiger partial charge in [0.25, 0.3) is 0 Å². The maximum absolute atomic E-state index is 11.0. The van der Waals surface area contributed by atoms with Crippen LogP contribution in [0.4, 0.5) is 0 Å². The van der Waals surface area contributed by atoms with Crippen LogP contribution < -0.4 is 9.47 Å². The molecule has 2 aromatic carbocycles. The zero-order valence-corrected chi connectivity index (χ0v) is 18.4. The van der Waals surface area contributed by atoms with E-state index >= 15 is 0 Å². The normalized spacial score (nSPS) is 25.3. The molecule has 1 fully saturated rings. The van der Waals surface area contributed by atoms with E-state index in [-0.39, 0.29) is 6.61 Å². The van der Waals surface area contributed by atoms with Gasteiger partial charge in [0.15, 0.2) is 6.61 Å². The van der Waals surface area contributed by atoms with Crippen molar-refractivity contribution in [3.8, 4) is 11.5 Å².